The highest BCUT2D eigenvalue weighted by Gasteiger charge is 2.26. The average Bonchev–Trinajstić information content (AvgIpc) is 1.84. The van der Waals surface area contributed by atoms with Crippen LogP contribution in [0, 0.1) is 0 Å². The molecule has 0 aromatic heterocycles. The van der Waals surface area contributed by atoms with Crippen LogP contribution in [0.25, 0.3) is 0 Å². The van der Waals surface area contributed by atoms with E-state index in [1.165, 1.54) is 0 Å². The normalized spacial score (nSPS) is 17.5. The molecule has 0 rings (SSSR count). The molecule has 0 aromatic carbocycles. The predicted molar refractivity (Wildman–Crippen MR) is 44.3 cm³/mol. The van der Waals surface area contributed by atoms with Crippen molar-refractivity contribution in [2.45, 2.75) is 37.8 Å². The fourth-order valence-electron chi connectivity index (χ4n) is 0.500. The van der Waals surface area contributed by atoms with Crippen LogP contribution in [0.2, 0.25) is 0 Å². The molecule has 2 atom stereocenters. The van der Waals surface area contributed by atoms with E-state index in [0.29, 0.717) is 0 Å². The number of hydrogen-bond donors (Lipinski definition) is 1. The van der Waals surface area contributed by atoms with Crippen LogP contribution in [0.15, 0.2) is 0 Å². The highest BCUT2D eigenvalue weighted by atomic mass is 32.2. The Morgan fingerprint density at radius 1 is 1.33 bits per heavy atom. The summed E-state index contributed by atoms with van der Waals surface area (Å²) in [4.78, 5) is 0. The van der Waals surface area contributed by atoms with Gasteiger partial charge < -0.3 is 5.11 Å². The standard InChI is InChI=1S/C7H13F3OS/c1-5(11)6(2)12-4-3-7(8,9)10/h5-6,11H,3-4H2,1-2H3. The van der Waals surface area contributed by atoms with Gasteiger partial charge in [-0.15, -0.1) is 0 Å². The molecule has 1 N–H and O–H groups in total. The molecule has 1 nitrogen and oxygen atoms in total. The summed E-state index contributed by atoms with van der Waals surface area (Å²) in [5, 5.41) is 8.82. The Morgan fingerprint density at radius 3 is 2.17 bits per heavy atom. The SMILES string of the molecule is CC(O)C(C)SCCC(F)(F)F. The summed E-state index contributed by atoms with van der Waals surface area (Å²) in [6, 6.07) is 0. The summed E-state index contributed by atoms with van der Waals surface area (Å²) >= 11 is 1.14. The van der Waals surface area contributed by atoms with Crippen LogP contribution < -0.4 is 0 Å². The van der Waals surface area contributed by atoms with Crippen molar-refractivity contribution in [3.8, 4) is 0 Å². The van der Waals surface area contributed by atoms with E-state index in [1.54, 1.807) is 13.8 Å². The van der Waals surface area contributed by atoms with E-state index in [1.807, 2.05) is 0 Å². The molecule has 5 heteroatoms. The van der Waals surface area contributed by atoms with Crippen LogP contribution in [0.5, 0.6) is 0 Å². The summed E-state index contributed by atoms with van der Waals surface area (Å²) in [6.45, 7) is 3.29. The third-order valence-corrected chi connectivity index (χ3v) is 2.81. The predicted octanol–water partition coefficient (Wildman–Crippen LogP) is 2.44. The van der Waals surface area contributed by atoms with Gasteiger partial charge in [-0.1, -0.05) is 6.92 Å². The van der Waals surface area contributed by atoms with Gasteiger partial charge in [0.05, 0.1) is 12.5 Å². The minimum Gasteiger partial charge on any atom is -0.392 e. The van der Waals surface area contributed by atoms with Gasteiger partial charge in [0.1, 0.15) is 0 Å². The number of alkyl halides is 3. The van der Waals surface area contributed by atoms with E-state index in [0.717, 1.165) is 11.8 Å². The Balaban J connectivity index is 3.44. The van der Waals surface area contributed by atoms with Gasteiger partial charge in [-0.05, 0) is 6.92 Å². The lowest BCUT2D eigenvalue weighted by Crippen LogP contribution is -2.17. The first-order chi connectivity index (χ1) is 5.33. The van der Waals surface area contributed by atoms with Gasteiger partial charge in [-0.2, -0.15) is 24.9 Å². The number of aliphatic hydroxyl groups is 1. The van der Waals surface area contributed by atoms with Crippen molar-refractivity contribution in [1.29, 1.82) is 0 Å². The molecule has 0 aliphatic heterocycles. The maximum Gasteiger partial charge on any atom is 0.389 e. The van der Waals surface area contributed by atoms with Crippen molar-refractivity contribution in [1.82, 2.24) is 0 Å². The molecule has 74 valence electrons. The fraction of sp³-hybridized carbons (Fsp3) is 1.00. The van der Waals surface area contributed by atoms with E-state index in [9.17, 15) is 13.2 Å². The van der Waals surface area contributed by atoms with E-state index >= 15 is 0 Å². The summed E-state index contributed by atoms with van der Waals surface area (Å²) < 4.78 is 34.9. The van der Waals surface area contributed by atoms with Crippen LogP contribution >= 0.6 is 11.8 Å². The molecule has 0 aromatic rings. The Kier molecular flexibility index (Phi) is 5.01. The maximum atomic E-state index is 11.6. The van der Waals surface area contributed by atoms with Gasteiger partial charge in [0.25, 0.3) is 0 Å². The third-order valence-electron chi connectivity index (χ3n) is 1.45. The zero-order chi connectivity index (χ0) is 9.78. The second-order valence-electron chi connectivity index (χ2n) is 2.68. The Labute approximate surface area is 74.3 Å². The van der Waals surface area contributed by atoms with Crippen LogP contribution in [0.4, 0.5) is 13.2 Å². The number of aliphatic hydroxyl groups excluding tert-OH is 1. The minimum atomic E-state index is -4.08. The van der Waals surface area contributed by atoms with Gasteiger partial charge in [0, 0.05) is 11.0 Å². The van der Waals surface area contributed by atoms with E-state index in [4.69, 9.17) is 5.11 Å². The van der Waals surface area contributed by atoms with Crippen molar-refractivity contribution < 1.29 is 18.3 Å². The molecule has 12 heavy (non-hydrogen) atoms. The first kappa shape index (κ1) is 12.1. The quantitative estimate of drug-likeness (QED) is 0.755. The van der Waals surface area contributed by atoms with Gasteiger partial charge in [0.2, 0.25) is 0 Å². The second kappa shape index (κ2) is 4.97. The summed E-state index contributed by atoms with van der Waals surface area (Å²) in [5.41, 5.74) is 0. The lowest BCUT2D eigenvalue weighted by Gasteiger charge is -2.14. The Morgan fingerprint density at radius 2 is 1.83 bits per heavy atom. The highest BCUT2D eigenvalue weighted by molar-refractivity contribution is 7.99. The third kappa shape index (κ3) is 6.79. The van der Waals surface area contributed by atoms with Gasteiger partial charge in [0.15, 0.2) is 0 Å². The lowest BCUT2D eigenvalue weighted by molar-refractivity contribution is -0.129. The van der Waals surface area contributed by atoms with Crippen molar-refractivity contribution in [3.05, 3.63) is 0 Å². The highest BCUT2D eigenvalue weighted by Crippen LogP contribution is 2.24. The fourth-order valence-corrected chi connectivity index (χ4v) is 1.50. The van der Waals surface area contributed by atoms with Crippen LogP contribution in [-0.4, -0.2) is 28.4 Å². The van der Waals surface area contributed by atoms with Gasteiger partial charge in [-0.25, -0.2) is 0 Å². The first-order valence-corrected chi connectivity index (χ1v) is 4.74. The molecule has 0 heterocycles. The van der Waals surface area contributed by atoms with E-state index < -0.39 is 18.7 Å². The molecular formula is C7H13F3OS. The molecular weight excluding hydrogens is 189 g/mol. The molecule has 0 fully saturated rings. The molecule has 0 saturated heterocycles. The topological polar surface area (TPSA) is 20.2 Å². The minimum absolute atomic E-state index is 0.0234. The molecule has 0 bridgehead atoms. The van der Waals surface area contributed by atoms with E-state index in [2.05, 4.69) is 0 Å². The van der Waals surface area contributed by atoms with Crippen LogP contribution in [0.1, 0.15) is 20.3 Å². The van der Waals surface area contributed by atoms with Crippen molar-refractivity contribution in [2.24, 2.45) is 0 Å². The molecule has 0 aliphatic rings. The van der Waals surface area contributed by atoms with Crippen LogP contribution in [-0.2, 0) is 0 Å². The molecule has 2 unspecified atom stereocenters. The number of halogens is 3. The summed E-state index contributed by atoms with van der Waals surface area (Å²) in [5.74, 6) is 0.0234. The molecule has 0 radical (unpaired) electrons. The van der Waals surface area contributed by atoms with Crippen molar-refractivity contribution in [2.75, 3.05) is 5.75 Å². The van der Waals surface area contributed by atoms with Crippen molar-refractivity contribution >= 4 is 11.8 Å². The molecule has 0 saturated carbocycles. The monoisotopic (exact) mass is 202 g/mol. The van der Waals surface area contributed by atoms with E-state index in [-0.39, 0.29) is 11.0 Å². The largest absolute Gasteiger partial charge is 0.392 e. The lowest BCUT2D eigenvalue weighted by atomic mass is 10.3. The number of hydrogen-bond acceptors (Lipinski definition) is 2. The molecule has 0 amide bonds. The Bertz CT molecular complexity index is 124. The van der Waals surface area contributed by atoms with Gasteiger partial charge >= 0.3 is 6.18 Å². The van der Waals surface area contributed by atoms with Crippen LogP contribution in [0.3, 0.4) is 0 Å². The zero-order valence-electron chi connectivity index (χ0n) is 7.06. The smallest absolute Gasteiger partial charge is 0.389 e. The summed E-state index contributed by atoms with van der Waals surface area (Å²) in [7, 11) is 0. The molecule has 0 spiro atoms. The van der Waals surface area contributed by atoms with Crippen molar-refractivity contribution in [3.63, 3.8) is 0 Å². The molecule has 0 aliphatic carbocycles. The second-order valence-corrected chi connectivity index (χ2v) is 4.17. The zero-order valence-corrected chi connectivity index (χ0v) is 7.87. The number of thioether (sulfide) groups is 1. The maximum absolute atomic E-state index is 11.6. The summed E-state index contributed by atoms with van der Waals surface area (Å²) in [6.07, 6.45) is -5.41. The van der Waals surface area contributed by atoms with Gasteiger partial charge in [-0.3, -0.25) is 0 Å². The Hall–Kier alpha value is 0.100. The first-order valence-electron chi connectivity index (χ1n) is 3.69. The number of rotatable bonds is 4. The average molecular weight is 202 g/mol.